The van der Waals surface area contributed by atoms with Crippen LogP contribution in [-0.2, 0) is 9.59 Å². The standard InChI is InChI=1S/C19H22N6O3S/c1-11(16(27)20-18-24-23-12(2)29-18)25-10-9-19(8-7-15(25)26)21-14-6-4-3-5-13(14)17(28)22-19/h3-6,11,21H,7-10H2,1-2H3,(H,22,28)(H,20,24,27)/t11-,19-/m0/s1. The monoisotopic (exact) mass is 414 g/mol. The quantitative estimate of drug-likeness (QED) is 0.704. The van der Waals surface area contributed by atoms with Gasteiger partial charge >= 0.3 is 0 Å². The van der Waals surface area contributed by atoms with E-state index >= 15 is 0 Å². The van der Waals surface area contributed by atoms with Crippen LogP contribution in [0.3, 0.4) is 0 Å². The van der Waals surface area contributed by atoms with E-state index in [-0.39, 0.29) is 24.1 Å². The normalized spacial score (nSPS) is 22.3. The highest BCUT2D eigenvalue weighted by Crippen LogP contribution is 2.32. The topological polar surface area (TPSA) is 116 Å². The molecule has 0 bridgehead atoms. The van der Waals surface area contributed by atoms with Crippen molar-refractivity contribution in [3.05, 3.63) is 34.8 Å². The van der Waals surface area contributed by atoms with Crippen molar-refractivity contribution in [2.24, 2.45) is 0 Å². The van der Waals surface area contributed by atoms with Gasteiger partial charge in [-0.3, -0.25) is 19.7 Å². The Hall–Kier alpha value is -3.01. The molecule has 3 N–H and O–H groups in total. The van der Waals surface area contributed by atoms with Gasteiger partial charge in [0.1, 0.15) is 16.7 Å². The van der Waals surface area contributed by atoms with E-state index in [9.17, 15) is 14.4 Å². The summed E-state index contributed by atoms with van der Waals surface area (Å²) in [5, 5.41) is 18.1. The van der Waals surface area contributed by atoms with E-state index in [0.29, 0.717) is 30.1 Å². The minimum absolute atomic E-state index is 0.118. The van der Waals surface area contributed by atoms with Crippen LogP contribution >= 0.6 is 11.3 Å². The maximum atomic E-state index is 12.7. The van der Waals surface area contributed by atoms with E-state index in [1.54, 1.807) is 24.8 Å². The lowest BCUT2D eigenvalue weighted by atomic mass is 9.95. The van der Waals surface area contributed by atoms with Gasteiger partial charge < -0.3 is 15.5 Å². The molecular formula is C19H22N6O3S. The second-order valence-corrected chi connectivity index (χ2v) is 8.52. The third kappa shape index (κ3) is 3.80. The lowest BCUT2D eigenvalue weighted by Gasteiger charge is -2.40. The van der Waals surface area contributed by atoms with E-state index < -0.39 is 11.7 Å². The van der Waals surface area contributed by atoms with Gasteiger partial charge in [-0.1, -0.05) is 23.5 Å². The molecule has 0 radical (unpaired) electrons. The number of hydrogen-bond donors (Lipinski definition) is 3. The summed E-state index contributed by atoms with van der Waals surface area (Å²) < 4.78 is 0. The molecule has 1 spiro atoms. The predicted octanol–water partition coefficient (Wildman–Crippen LogP) is 1.74. The number of hydrogen-bond acceptors (Lipinski definition) is 7. The summed E-state index contributed by atoms with van der Waals surface area (Å²) in [6.45, 7) is 3.84. The van der Waals surface area contributed by atoms with Crippen molar-refractivity contribution in [1.82, 2.24) is 20.4 Å². The molecule has 2 aromatic rings. The molecule has 10 heteroatoms. The van der Waals surface area contributed by atoms with Crippen LogP contribution in [0.25, 0.3) is 0 Å². The van der Waals surface area contributed by atoms with Crippen LogP contribution in [0.5, 0.6) is 0 Å². The lowest BCUT2D eigenvalue weighted by Crippen LogP contribution is -2.58. The zero-order valence-corrected chi connectivity index (χ0v) is 17.0. The van der Waals surface area contributed by atoms with Crippen molar-refractivity contribution >= 4 is 39.9 Å². The van der Waals surface area contributed by atoms with Crippen molar-refractivity contribution in [3.63, 3.8) is 0 Å². The van der Waals surface area contributed by atoms with Crippen molar-refractivity contribution in [2.75, 3.05) is 17.2 Å². The SMILES string of the molecule is Cc1nnc(NC(=O)[C@H](C)N2CC[C@]3(CCC2=O)NC(=O)c2ccccc2N3)s1. The largest absolute Gasteiger partial charge is 0.362 e. The van der Waals surface area contributed by atoms with Gasteiger partial charge in [0.2, 0.25) is 16.9 Å². The highest BCUT2D eigenvalue weighted by molar-refractivity contribution is 7.15. The molecule has 9 nitrogen and oxygen atoms in total. The maximum absolute atomic E-state index is 12.7. The van der Waals surface area contributed by atoms with Crippen LogP contribution in [0.1, 0.15) is 41.6 Å². The number of amides is 3. The van der Waals surface area contributed by atoms with Crippen LogP contribution in [0.4, 0.5) is 10.8 Å². The number of carbonyl (C=O) groups is 3. The van der Waals surface area contributed by atoms with Crippen molar-refractivity contribution in [2.45, 2.75) is 44.8 Å². The number of para-hydroxylation sites is 1. The number of carbonyl (C=O) groups excluding carboxylic acids is 3. The molecule has 1 aromatic carbocycles. The number of nitrogens with zero attached hydrogens (tertiary/aromatic N) is 3. The molecule has 0 unspecified atom stereocenters. The Morgan fingerprint density at radius 1 is 1.24 bits per heavy atom. The molecule has 2 aliphatic rings. The summed E-state index contributed by atoms with van der Waals surface area (Å²) in [5.74, 6) is -0.581. The molecule has 2 atom stereocenters. The molecule has 1 fully saturated rings. The molecule has 4 rings (SSSR count). The molecule has 1 saturated heterocycles. The molecule has 0 aliphatic carbocycles. The zero-order valence-electron chi connectivity index (χ0n) is 16.2. The number of anilines is 2. The summed E-state index contributed by atoms with van der Waals surface area (Å²) in [4.78, 5) is 39.5. The maximum Gasteiger partial charge on any atom is 0.255 e. The Labute approximate surface area is 171 Å². The Bertz CT molecular complexity index is 976. The fraction of sp³-hybridized carbons (Fsp3) is 0.421. The summed E-state index contributed by atoms with van der Waals surface area (Å²) >= 11 is 1.28. The smallest absolute Gasteiger partial charge is 0.255 e. The number of benzene rings is 1. The highest BCUT2D eigenvalue weighted by Gasteiger charge is 2.41. The Morgan fingerprint density at radius 3 is 2.79 bits per heavy atom. The zero-order chi connectivity index (χ0) is 20.6. The van der Waals surface area contributed by atoms with Crippen LogP contribution in [0.15, 0.2) is 24.3 Å². The molecule has 152 valence electrons. The number of rotatable bonds is 3. The Kier molecular flexibility index (Phi) is 4.95. The van der Waals surface area contributed by atoms with Gasteiger partial charge in [-0.15, -0.1) is 10.2 Å². The molecule has 3 heterocycles. The average molecular weight is 414 g/mol. The second-order valence-electron chi connectivity index (χ2n) is 7.34. The third-order valence-electron chi connectivity index (χ3n) is 5.37. The second kappa shape index (κ2) is 7.43. The van der Waals surface area contributed by atoms with Crippen LogP contribution in [-0.4, -0.2) is 51.1 Å². The number of nitrogens with one attached hydrogen (secondary N) is 3. The van der Waals surface area contributed by atoms with E-state index in [1.807, 2.05) is 18.2 Å². The van der Waals surface area contributed by atoms with E-state index in [1.165, 1.54) is 11.3 Å². The van der Waals surface area contributed by atoms with Gasteiger partial charge in [-0.25, -0.2) is 0 Å². The Morgan fingerprint density at radius 2 is 2.03 bits per heavy atom. The molecular weight excluding hydrogens is 392 g/mol. The highest BCUT2D eigenvalue weighted by atomic mass is 32.1. The first kappa shape index (κ1) is 19.3. The fourth-order valence-corrected chi connectivity index (χ4v) is 4.34. The fourth-order valence-electron chi connectivity index (χ4n) is 3.75. The van der Waals surface area contributed by atoms with Gasteiger partial charge in [-0.05, 0) is 32.4 Å². The van der Waals surface area contributed by atoms with Gasteiger partial charge in [-0.2, -0.15) is 0 Å². The number of likely N-dealkylation sites (tertiary alicyclic amines) is 1. The molecule has 0 saturated carbocycles. The molecule has 1 aromatic heterocycles. The number of aromatic nitrogens is 2. The van der Waals surface area contributed by atoms with Gasteiger partial charge in [0.25, 0.3) is 5.91 Å². The first-order valence-electron chi connectivity index (χ1n) is 9.47. The van der Waals surface area contributed by atoms with Gasteiger partial charge in [0.05, 0.1) is 5.56 Å². The van der Waals surface area contributed by atoms with E-state index in [2.05, 4.69) is 26.1 Å². The van der Waals surface area contributed by atoms with Gasteiger partial charge in [0, 0.05) is 25.1 Å². The summed E-state index contributed by atoms with van der Waals surface area (Å²) in [7, 11) is 0. The number of fused-ring (bicyclic) bond motifs is 1. The minimum atomic E-state index is -0.706. The van der Waals surface area contributed by atoms with Crippen LogP contribution < -0.4 is 16.0 Å². The van der Waals surface area contributed by atoms with Crippen molar-refractivity contribution < 1.29 is 14.4 Å². The third-order valence-corrected chi connectivity index (χ3v) is 6.12. The lowest BCUT2D eigenvalue weighted by molar-refractivity contribution is -0.137. The summed E-state index contributed by atoms with van der Waals surface area (Å²) in [6, 6.07) is 6.65. The summed E-state index contributed by atoms with van der Waals surface area (Å²) in [6.07, 6.45) is 1.17. The minimum Gasteiger partial charge on any atom is -0.362 e. The van der Waals surface area contributed by atoms with E-state index in [0.717, 1.165) is 10.7 Å². The average Bonchev–Trinajstić information content (AvgIpc) is 3.04. The van der Waals surface area contributed by atoms with Crippen molar-refractivity contribution in [1.29, 1.82) is 0 Å². The van der Waals surface area contributed by atoms with Crippen LogP contribution in [0.2, 0.25) is 0 Å². The number of aryl methyl sites for hydroxylation is 1. The first-order valence-corrected chi connectivity index (χ1v) is 10.3. The van der Waals surface area contributed by atoms with Crippen molar-refractivity contribution in [3.8, 4) is 0 Å². The first-order chi connectivity index (χ1) is 13.9. The Balaban J connectivity index is 1.48. The van der Waals surface area contributed by atoms with Crippen LogP contribution in [0, 0.1) is 6.92 Å². The molecule has 3 amide bonds. The van der Waals surface area contributed by atoms with Gasteiger partial charge in [0.15, 0.2) is 0 Å². The molecule has 29 heavy (non-hydrogen) atoms. The van der Waals surface area contributed by atoms with E-state index in [4.69, 9.17) is 0 Å². The summed E-state index contributed by atoms with van der Waals surface area (Å²) in [5.41, 5.74) is 0.641. The predicted molar refractivity (Wildman–Crippen MR) is 109 cm³/mol. The molecule has 2 aliphatic heterocycles.